The maximum atomic E-state index is 11.7. The molecular weight excluding hydrogens is 806 g/mol. The lowest BCUT2D eigenvalue weighted by Crippen LogP contribution is -2.51. The lowest BCUT2D eigenvalue weighted by molar-refractivity contribution is -0.515. The molecule has 5 heterocycles. The number of ether oxygens (including phenoxy) is 2. The van der Waals surface area contributed by atoms with E-state index < -0.39 is 9.41 Å². The maximum absolute atomic E-state index is 11.7. The number of hydrogen-bond donors (Lipinski definition) is 0. The normalized spacial score (nSPS) is 26.1. The molecule has 0 bridgehead atoms. The van der Waals surface area contributed by atoms with Crippen molar-refractivity contribution in [1.82, 2.24) is 0 Å². The van der Waals surface area contributed by atoms with E-state index in [9.17, 15) is 10.5 Å². The summed E-state index contributed by atoms with van der Waals surface area (Å²) in [7, 11) is 3.43. The van der Waals surface area contributed by atoms with Gasteiger partial charge in [0.2, 0.25) is 11.4 Å². The lowest BCUT2D eigenvalue weighted by Gasteiger charge is -2.40. The van der Waals surface area contributed by atoms with Gasteiger partial charge in [-0.3, -0.25) is 0 Å². The molecule has 334 valence electrons. The van der Waals surface area contributed by atoms with Crippen molar-refractivity contribution in [3.8, 4) is 11.9 Å². The number of nitriles is 2. The van der Waals surface area contributed by atoms with E-state index in [-0.39, 0.29) is 21.9 Å². The van der Waals surface area contributed by atoms with E-state index in [1.165, 1.54) is 70.5 Å². The number of para-hydroxylation sites is 2. The first-order chi connectivity index (χ1) is 28.4. The van der Waals surface area contributed by atoms with Gasteiger partial charge in [0.1, 0.15) is 0 Å². The largest absolute Gasteiger partial charge is 0.517 e. The van der Waals surface area contributed by atoms with Crippen molar-refractivity contribution in [2.45, 2.75) is 184 Å². The topological polar surface area (TPSA) is 72.1 Å². The number of benzene rings is 2. The molecule has 3 fully saturated rings. The summed E-state index contributed by atoms with van der Waals surface area (Å²) in [4.78, 5) is 0. The van der Waals surface area contributed by atoms with Crippen LogP contribution in [0.3, 0.4) is 0 Å². The van der Waals surface area contributed by atoms with Gasteiger partial charge < -0.3 is 42.2 Å². The molecule has 2 aromatic rings. The molecule has 0 N–H and O–H groups in total. The van der Waals surface area contributed by atoms with Gasteiger partial charge in [-0.25, -0.2) is 19.7 Å². The van der Waals surface area contributed by atoms with E-state index >= 15 is 0 Å². The molecule has 0 saturated carbocycles. The second-order valence-corrected chi connectivity index (χ2v) is 27.3. The van der Waals surface area contributed by atoms with Gasteiger partial charge in [-0.2, -0.15) is 0 Å². The zero-order chi connectivity index (χ0) is 45.3. The summed E-state index contributed by atoms with van der Waals surface area (Å²) in [6.07, 6.45) is 6.98. The molecule has 0 aliphatic carbocycles. The number of rotatable bonds is 8. The standard InChI is InChI=1S/C42H62B2N4S3.2C4H8O/c1-27(2)31-19-17-20-32(28(3)4)35(31)47-37(39(9,10)23-41(47,13)14)43(25-45)49-44(26-46,51-50-43)38-40(11,12)24-42(15,16)48(38)36-33(29(5)6)21-18-22-34(36)30(7)8;2*1-2-4-5-3-1/h17-22,27-30H,23-24H2,1-16H3;2*1-4H2/t43-,44-;;/m1../s1. The van der Waals surface area contributed by atoms with Crippen LogP contribution in [0.4, 0.5) is 11.4 Å². The Morgan fingerprint density at radius 1 is 0.525 bits per heavy atom. The van der Waals surface area contributed by atoms with Gasteiger partial charge in [-0.05, 0) is 49.4 Å². The van der Waals surface area contributed by atoms with Crippen molar-refractivity contribution in [2.75, 3.05) is 26.4 Å². The van der Waals surface area contributed by atoms with Crippen LogP contribution in [0.5, 0.6) is 0 Å². The fourth-order valence-corrected chi connectivity index (χ4v) is 19.6. The van der Waals surface area contributed by atoms with Crippen LogP contribution < -0.4 is 0 Å². The summed E-state index contributed by atoms with van der Waals surface area (Å²) < 4.78 is 11.3. The summed E-state index contributed by atoms with van der Waals surface area (Å²) in [5, 5.41) is 23.3. The van der Waals surface area contributed by atoms with E-state index in [0.717, 1.165) is 39.3 Å². The van der Waals surface area contributed by atoms with Crippen LogP contribution in [0.2, 0.25) is 0 Å². The van der Waals surface area contributed by atoms with Crippen molar-refractivity contribution in [2.24, 2.45) is 10.8 Å². The SMILES string of the molecule is C1CCOC1.C1CCOC1.CC(C)c1cccc(C(C)C)c1[N+]1=C([B@@-]2(C#N)SS[B@-](C#N)(C3=[N+](c4c(C(C)C)cccc4C(C)C)C(C)(C)CC3(C)C)S2)C(C)(C)CC1(C)C. The first-order valence-electron chi connectivity index (χ1n) is 23.4. The molecule has 0 spiro atoms. The molecular formula is C50H78B2N4O2S3. The van der Waals surface area contributed by atoms with Crippen LogP contribution >= 0.6 is 32.8 Å². The second-order valence-electron chi connectivity index (χ2n) is 22.0. The Labute approximate surface area is 383 Å². The van der Waals surface area contributed by atoms with Crippen molar-refractivity contribution in [3.63, 3.8) is 0 Å². The minimum absolute atomic E-state index is 0.216. The molecule has 6 nitrogen and oxygen atoms in total. The molecule has 3 saturated heterocycles. The van der Waals surface area contributed by atoms with Crippen LogP contribution in [0.15, 0.2) is 36.4 Å². The Morgan fingerprint density at radius 3 is 1.02 bits per heavy atom. The smallest absolute Gasteiger partial charge is 0.272 e. The average Bonchev–Trinajstić information content (AvgIpc) is 4.02. The predicted molar refractivity (Wildman–Crippen MR) is 270 cm³/mol. The lowest BCUT2D eigenvalue weighted by atomic mass is 9.57. The highest BCUT2D eigenvalue weighted by molar-refractivity contribution is 9.18. The van der Waals surface area contributed by atoms with Crippen molar-refractivity contribution in [3.05, 3.63) is 58.7 Å². The van der Waals surface area contributed by atoms with Crippen LogP contribution in [0, 0.1) is 33.3 Å². The molecule has 0 radical (unpaired) electrons. The Hall–Kier alpha value is -2.14. The Morgan fingerprint density at radius 2 is 0.803 bits per heavy atom. The summed E-state index contributed by atoms with van der Waals surface area (Å²) in [5.41, 5.74) is 9.37. The van der Waals surface area contributed by atoms with E-state index in [2.05, 4.69) is 168 Å². The molecule has 0 aromatic heterocycles. The Balaban J connectivity index is 0.000000615. The number of nitrogens with zero attached hydrogens (tertiary/aromatic N) is 4. The molecule has 11 heteroatoms. The highest BCUT2D eigenvalue weighted by atomic mass is 33.1. The molecule has 2 atom stereocenters. The van der Waals surface area contributed by atoms with Gasteiger partial charge in [0.15, 0.2) is 11.1 Å². The molecule has 2 aromatic carbocycles. The predicted octanol–water partition coefficient (Wildman–Crippen LogP) is 14.3. The molecule has 61 heavy (non-hydrogen) atoms. The van der Waals surface area contributed by atoms with E-state index in [1.807, 2.05) is 0 Å². The average molecular weight is 885 g/mol. The summed E-state index contributed by atoms with van der Waals surface area (Å²) in [5.74, 6) is 7.32. The van der Waals surface area contributed by atoms with Crippen LogP contribution in [0.1, 0.15) is 195 Å². The Kier molecular flexibility index (Phi) is 15.6. The zero-order valence-electron chi connectivity index (χ0n) is 40.8. The fraction of sp³-hybridized carbons (Fsp3) is 0.680. The molecule has 5 aliphatic rings. The van der Waals surface area contributed by atoms with E-state index in [4.69, 9.17) is 9.47 Å². The summed E-state index contributed by atoms with van der Waals surface area (Å²) in [6, 6.07) is 13.6. The third-order valence-electron chi connectivity index (χ3n) is 13.4. The minimum Gasteiger partial charge on any atom is -0.517 e. The van der Waals surface area contributed by atoms with Crippen LogP contribution in [-0.2, 0) is 9.47 Å². The van der Waals surface area contributed by atoms with Gasteiger partial charge in [0.25, 0.3) is 9.41 Å². The highest BCUT2D eigenvalue weighted by Gasteiger charge is 2.64. The zero-order valence-corrected chi connectivity index (χ0v) is 43.3. The summed E-state index contributed by atoms with van der Waals surface area (Å²) in [6.45, 7) is 41.1. The quantitative estimate of drug-likeness (QED) is 0.149. The fourth-order valence-electron chi connectivity index (χ4n) is 11.5. The van der Waals surface area contributed by atoms with E-state index in [1.54, 1.807) is 32.8 Å². The first-order valence-corrected chi connectivity index (χ1v) is 26.6. The molecule has 0 amide bonds. The molecule has 5 aliphatic heterocycles. The van der Waals surface area contributed by atoms with Crippen LogP contribution in [0.25, 0.3) is 0 Å². The van der Waals surface area contributed by atoms with Gasteiger partial charge >= 0.3 is 0 Å². The van der Waals surface area contributed by atoms with Gasteiger partial charge in [-0.1, -0.05) is 119 Å². The summed E-state index contributed by atoms with van der Waals surface area (Å²) >= 11 is 1.73. The number of hydrogen-bond acceptors (Lipinski definition) is 7. The van der Waals surface area contributed by atoms with Gasteiger partial charge in [0.05, 0.1) is 0 Å². The first kappa shape index (κ1) is 49.9. The minimum atomic E-state index is -1.92. The van der Waals surface area contributed by atoms with Crippen molar-refractivity contribution >= 4 is 64.8 Å². The monoisotopic (exact) mass is 885 g/mol. The Bertz CT molecular complexity index is 1850. The van der Waals surface area contributed by atoms with Crippen molar-refractivity contribution in [1.29, 1.82) is 10.5 Å². The second kappa shape index (κ2) is 19.1. The molecule has 7 rings (SSSR count). The van der Waals surface area contributed by atoms with Gasteiger partial charge in [0, 0.05) is 111 Å². The van der Waals surface area contributed by atoms with Crippen LogP contribution in [-0.4, -0.2) is 67.3 Å². The molecule has 0 unspecified atom stereocenters. The highest BCUT2D eigenvalue weighted by Crippen LogP contribution is 2.66. The third-order valence-corrected chi connectivity index (χ3v) is 20.2. The maximum Gasteiger partial charge on any atom is 0.272 e. The van der Waals surface area contributed by atoms with Gasteiger partial charge in [-0.15, -0.1) is 11.9 Å². The van der Waals surface area contributed by atoms with E-state index in [0.29, 0.717) is 23.7 Å². The third kappa shape index (κ3) is 9.93. The van der Waals surface area contributed by atoms with Crippen molar-refractivity contribution < 1.29 is 18.6 Å².